The van der Waals surface area contributed by atoms with Crippen molar-refractivity contribution in [1.29, 1.82) is 0 Å². The molecule has 1 aliphatic heterocycles. The van der Waals surface area contributed by atoms with Crippen LogP contribution in [0.25, 0.3) is 6.20 Å². The van der Waals surface area contributed by atoms with Crippen LogP contribution in [0.2, 0.25) is 0 Å². The van der Waals surface area contributed by atoms with Crippen molar-refractivity contribution in [2.45, 2.75) is 6.54 Å². The van der Waals surface area contributed by atoms with Gasteiger partial charge in [-0.05, 0) is 0 Å². The summed E-state index contributed by atoms with van der Waals surface area (Å²) in [6.07, 6.45) is 7.52. The maximum atomic E-state index is 3.98. The fourth-order valence-corrected chi connectivity index (χ4v) is 0.900. The maximum absolute atomic E-state index is 3.98. The van der Waals surface area contributed by atoms with Crippen LogP contribution in [-0.4, -0.2) is 9.55 Å². The fourth-order valence-electron chi connectivity index (χ4n) is 0.900. The zero-order valence-electron chi connectivity index (χ0n) is 4.91. The minimum atomic E-state index is 0.885. The molecule has 3 heteroatoms. The standard InChI is InChI=1S/C6H7N3/c1-2-9-5-8-4-6(9)3-7-1/h1-2,4-5,7H,3H2. The number of aromatic nitrogens is 2. The van der Waals surface area contributed by atoms with Crippen molar-refractivity contribution in [3.8, 4) is 0 Å². The Labute approximate surface area is 53.0 Å². The molecule has 46 valence electrons. The average Bonchev–Trinajstić information content (AvgIpc) is 2.33. The Bertz CT molecular complexity index is 236. The highest BCUT2D eigenvalue weighted by Gasteiger charge is 1.99. The molecule has 0 saturated heterocycles. The summed E-state index contributed by atoms with van der Waals surface area (Å²) in [6, 6.07) is 0. The summed E-state index contributed by atoms with van der Waals surface area (Å²) in [5.74, 6) is 0. The summed E-state index contributed by atoms with van der Waals surface area (Å²) in [5, 5.41) is 3.09. The molecule has 2 rings (SSSR count). The van der Waals surface area contributed by atoms with Crippen molar-refractivity contribution in [2.24, 2.45) is 0 Å². The van der Waals surface area contributed by atoms with E-state index in [1.807, 2.05) is 23.2 Å². The second-order valence-corrected chi connectivity index (χ2v) is 1.99. The van der Waals surface area contributed by atoms with Gasteiger partial charge in [0.1, 0.15) is 0 Å². The molecule has 0 fully saturated rings. The van der Waals surface area contributed by atoms with Gasteiger partial charge in [0.05, 0.1) is 24.8 Å². The van der Waals surface area contributed by atoms with E-state index in [4.69, 9.17) is 0 Å². The lowest BCUT2D eigenvalue weighted by Gasteiger charge is -2.07. The van der Waals surface area contributed by atoms with Crippen LogP contribution in [0.15, 0.2) is 18.7 Å². The largest absolute Gasteiger partial charge is 0.384 e. The van der Waals surface area contributed by atoms with E-state index >= 15 is 0 Å². The first-order valence-electron chi connectivity index (χ1n) is 2.87. The van der Waals surface area contributed by atoms with Crippen LogP contribution < -0.4 is 5.32 Å². The monoisotopic (exact) mass is 121 g/mol. The lowest BCUT2D eigenvalue weighted by molar-refractivity contribution is 0.789. The molecule has 0 spiro atoms. The van der Waals surface area contributed by atoms with Gasteiger partial charge in [-0.3, -0.25) is 0 Å². The topological polar surface area (TPSA) is 29.9 Å². The van der Waals surface area contributed by atoms with Crippen molar-refractivity contribution in [3.05, 3.63) is 24.4 Å². The molecule has 9 heavy (non-hydrogen) atoms. The highest BCUT2D eigenvalue weighted by Crippen LogP contribution is 2.02. The number of imidazole rings is 1. The highest BCUT2D eigenvalue weighted by molar-refractivity contribution is 5.27. The molecule has 0 bridgehead atoms. The van der Waals surface area contributed by atoms with E-state index < -0.39 is 0 Å². The minimum absolute atomic E-state index is 0.885. The van der Waals surface area contributed by atoms with E-state index in [9.17, 15) is 0 Å². The van der Waals surface area contributed by atoms with Crippen molar-refractivity contribution in [3.63, 3.8) is 0 Å². The van der Waals surface area contributed by atoms with E-state index in [1.165, 1.54) is 5.69 Å². The van der Waals surface area contributed by atoms with Gasteiger partial charge in [-0.15, -0.1) is 0 Å². The molecule has 0 saturated carbocycles. The van der Waals surface area contributed by atoms with E-state index in [2.05, 4.69) is 10.3 Å². The molecule has 0 unspecified atom stereocenters. The van der Waals surface area contributed by atoms with Gasteiger partial charge in [0.25, 0.3) is 0 Å². The lowest BCUT2D eigenvalue weighted by Crippen LogP contribution is -2.12. The number of rotatable bonds is 0. The lowest BCUT2D eigenvalue weighted by atomic mass is 10.4. The van der Waals surface area contributed by atoms with Gasteiger partial charge in [0.15, 0.2) is 0 Å². The Kier molecular flexibility index (Phi) is 0.828. The number of hydrogen-bond acceptors (Lipinski definition) is 2. The van der Waals surface area contributed by atoms with Crippen molar-refractivity contribution in [1.82, 2.24) is 14.9 Å². The maximum Gasteiger partial charge on any atom is 0.0990 e. The zero-order chi connectivity index (χ0) is 6.10. The van der Waals surface area contributed by atoms with E-state index in [0.29, 0.717) is 0 Å². The van der Waals surface area contributed by atoms with Crippen molar-refractivity contribution < 1.29 is 0 Å². The van der Waals surface area contributed by atoms with Gasteiger partial charge in [0, 0.05) is 12.4 Å². The van der Waals surface area contributed by atoms with Gasteiger partial charge >= 0.3 is 0 Å². The van der Waals surface area contributed by atoms with E-state index in [0.717, 1.165) is 6.54 Å². The summed E-state index contributed by atoms with van der Waals surface area (Å²) in [6.45, 7) is 0.885. The first-order chi connectivity index (χ1) is 4.47. The summed E-state index contributed by atoms with van der Waals surface area (Å²) in [7, 11) is 0. The number of fused-ring (bicyclic) bond motifs is 1. The molecule has 1 aliphatic rings. The van der Waals surface area contributed by atoms with E-state index in [1.54, 1.807) is 6.33 Å². The number of hydrogen-bond donors (Lipinski definition) is 1. The zero-order valence-corrected chi connectivity index (χ0v) is 4.91. The third-order valence-electron chi connectivity index (χ3n) is 1.38. The van der Waals surface area contributed by atoms with Gasteiger partial charge in [0.2, 0.25) is 0 Å². The molecular weight excluding hydrogens is 114 g/mol. The Morgan fingerprint density at radius 2 is 2.67 bits per heavy atom. The summed E-state index contributed by atoms with van der Waals surface area (Å²) in [5.41, 5.74) is 1.21. The Morgan fingerprint density at radius 3 is 3.56 bits per heavy atom. The smallest absolute Gasteiger partial charge is 0.0990 e. The molecule has 0 amide bonds. The molecule has 1 aromatic rings. The van der Waals surface area contributed by atoms with Gasteiger partial charge < -0.3 is 9.88 Å². The number of nitrogens with one attached hydrogen (secondary N) is 1. The summed E-state index contributed by atoms with van der Waals surface area (Å²) >= 11 is 0. The molecule has 0 aromatic carbocycles. The molecular formula is C6H7N3. The van der Waals surface area contributed by atoms with Crippen LogP contribution in [0.1, 0.15) is 5.69 Å². The van der Waals surface area contributed by atoms with Crippen LogP contribution in [0, 0.1) is 0 Å². The minimum Gasteiger partial charge on any atom is -0.384 e. The predicted molar refractivity (Wildman–Crippen MR) is 34.4 cm³/mol. The van der Waals surface area contributed by atoms with E-state index in [-0.39, 0.29) is 0 Å². The normalized spacial score (nSPS) is 14.7. The molecule has 0 aliphatic carbocycles. The average molecular weight is 121 g/mol. The first kappa shape index (κ1) is 4.61. The Hall–Kier alpha value is -1.25. The molecule has 2 heterocycles. The third-order valence-corrected chi connectivity index (χ3v) is 1.38. The van der Waals surface area contributed by atoms with Crippen molar-refractivity contribution in [2.75, 3.05) is 0 Å². The number of nitrogens with zero attached hydrogens (tertiary/aromatic N) is 2. The summed E-state index contributed by atoms with van der Waals surface area (Å²) < 4.78 is 2.00. The van der Waals surface area contributed by atoms with Crippen LogP contribution in [0.4, 0.5) is 0 Å². The SMILES string of the molecule is C1=Cn2cncc2CN1. The summed E-state index contributed by atoms with van der Waals surface area (Å²) in [4.78, 5) is 3.98. The van der Waals surface area contributed by atoms with Gasteiger partial charge in [-0.25, -0.2) is 4.98 Å². The molecule has 1 N–H and O–H groups in total. The second-order valence-electron chi connectivity index (χ2n) is 1.99. The van der Waals surface area contributed by atoms with Crippen LogP contribution in [-0.2, 0) is 6.54 Å². The van der Waals surface area contributed by atoms with Crippen LogP contribution >= 0.6 is 0 Å². The van der Waals surface area contributed by atoms with Gasteiger partial charge in [-0.2, -0.15) is 0 Å². The molecule has 0 radical (unpaired) electrons. The fraction of sp³-hybridized carbons (Fsp3) is 0.167. The second kappa shape index (κ2) is 1.62. The third kappa shape index (κ3) is 0.614. The predicted octanol–water partition coefficient (Wildman–Crippen LogP) is 0.414. The Balaban J connectivity index is 2.53. The van der Waals surface area contributed by atoms with Gasteiger partial charge in [-0.1, -0.05) is 0 Å². The Morgan fingerprint density at radius 1 is 1.67 bits per heavy atom. The van der Waals surface area contributed by atoms with Crippen LogP contribution in [0.3, 0.4) is 0 Å². The first-order valence-corrected chi connectivity index (χ1v) is 2.87. The quantitative estimate of drug-likeness (QED) is 0.539. The highest BCUT2D eigenvalue weighted by atomic mass is 15.1. The molecule has 1 aromatic heterocycles. The van der Waals surface area contributed by atoms with Crippen molar-refractivity contribution >= 4 is 6.20 Å². The molecule has 3 nitrogen and oxygen atoms in total. The van der Waals surface area contributed by atoms with Crippen LogP contribution in [0.5, 0.6) is 0 Å². The molecule has 0 atom stereocenters.